The van der Waals surface area contributed by atoms with Gasteiger partial charge in [0.05, 0.1) is 6.61 Å². The monoisotopic (exact) mass is 138 g/mol. The van der Waals surface area contributed by atoms with E-state index in [2.05, 4.69) is 6.58 Å². The van der Waals surface area contributed by atoms with Crippen molar-refractivity contribution in [2.24, 2.45) is 0 Å². The summed E-state index contributed by atoms with van der Waals surface area (Å²) in [5.41, 5.74) is 1.17. The molecule has 0 atom stereocenters. The Bertz CT molecular complexity index is 143. The molecule has 1 heteroatoms. The molecule has 0 bridgehead atoms. The van der Waals surface area contributed by atoms with Crippen molar-refractivity contribution in [3.63, 3.8) is 0 Å². The molecule has 0 aromatic heterocycles. The van der Waals surface area contributed by atoms with E-state index in [1.165, 1.54) is 5.57 Å². The first-order valence-electron chi connectivity index (χ1n) is 3.28. The van der Waals surface area contributed by atoms with Crippen LogP contribution < -0.4 is 0 Å². The Balaban J connectivity index is 3.84. The lowest BCUT2D eigenvalue weighted by molar-refractivity contribution is 0.228. The van der Waals surface area contributed by atoms with Gasteiger partial charge >= 0.3 is 0 Å². The van der Waals surface area contributed by atoms with Gasteiger partial charge in [0.2, 0.25) is 0 Å². The maximum absolute atomic E-state index is 4.94. The van der Waals surface area contributed by atoms with Crippen LogP contribution in [0.5, 0.6) is 0 Å². The quantitative estimate of drug-likeness (QED) is 0.542. The highest BCUT2D eigenvalue weighted by atomic mass is 16.5. The molecule has 10 heavy (non-hydrogen) atoms. The Morgan fingerprint density at radius 3 is 2.70 bits per heavy atom. The number of methoxy groups -OCH3 is 1. The summed E-state index contributed by atoms with van der Waals surface area (Å²) in [6, 6.07) is 0. The van der Waals surface area contributed by atoms with Crippen LogP contribution in [0, 0.1) is 0 Å². The Hall–Kier alpha value is -0.820. The van der Waals surface area contributed by atoms with E-state index in [0.717, 1.165) is 0 Å². The van der Waals surface area contributed by atoms with Gasteiger partial charge in [0, 0.05) is 7.11 Å². The maximum atomic E-state index is 4.94. The predicted molar refractivity (Wildman–Crippen MR) is 45.0 cm³/mol. The van der Waals surface area contributed by atoms with Gasteiger partial charge in [-0.25, -0.2) is 0 Å². The average Bonchev–Trinajstić information content (AvgIpc) is 1.98. The summed E-state index contributed by atoms with van der Waals surface area (Å²) in [6.45, 7) is 6.23. The van der Waals surface area contributed by atoms with Gasteiger partial charge in [0.15, 0.2) is 0 Å². The van der Waals surface area contributed by atoms with Gasteiger partial charge in [0.25, 0.3) is 0 Å². The van der Waals surface area contributed by atoms with Crippen molar-refractivity contribution in [1.82, 2.24) is 0 Å². The highest BCUT2D eigenvalue weighted by Gasteiger charge is 1.85. The maximum Gasteiger partial charge on any atom is 0.0709 e. The lowest BCUT2D eigenvalue weighted by atomic mass is 10.2. The first-order valence-corrected chi connectivity index (χ1v) is 3.28. The second kappa shape index (κ2) is 6.30. The van der Waals surface area contributed by atoms with Crippen LogP contribution in [0.4, 0.5) is 0 Å². The Morgan fingerprint density at radius 1 is 1.60 bits per heavy atom. The number of ether oxygens (including phenoxy) is 1. The molecule has 0 fully saturated rings. The summed E-state index contributed by atoms with van der Waals surface area (Å²) >= 11 is 0. The van der Waals surface area contributed by atoms with E-state index in [-0.39, 0.29) is 0 Å². The van der Waals surface area contributed by atoms with Gasteiger partial charge in [-0.2, -0.15) is 0 Å². The molecule has 0 heterocycles. The van der Waals surface area contributed by atoms with Crippen LogP contribution in [-0.4, -0.2) is 13.7 Å². The van der Waals surface area contributed by atoms with Gasteiger partial charge in [-0.05, 0) is 12.5 Å². The molecule has 56 valence electrons. The molecule has 0 aromatic rings. The van der Waals surface area contributed by atoms with Gasteiger partial charge < -0.3 is 4.74 Å². The zero-order valence-electron chi connectivity index (χ0n) is 6.63. The van der Waals surface area contributed by atoms with Gasteiger partial charge in [-0.15, -0.1) is 0 Å². The van der Waals surface area contributed by atoms with Crippen molar-refractivity contribution in [2.45, 2.75) is 6.92 Å². The Labute approximate surface area is 62.7 Å². The third-order valence-electron chi connectivity index (χ3n) is 1.13. The van der Waals surface area contributed by atoms with Crippen LogP contribution in [0.3, 0.4) is 0 Å². The van der Waals surface area contributed by atoms with E-state index in [1.807, 2.05) is 25.2 Å². The minimum atomic E-state index is 0.668. The minimum absolute atomic E-state index is 0.668. The van der Waals surface area contributed by atoms with E-state index < -0.39 is 0 Å². The molecular weight excluding hydrogens is 124 g/mol. The minimum Gasteiger partial charge on any atom is -0.380 e. The van der Waals surface area contributed by atoms with Crippen molar-refractivity contribution in [1.29, 1.82) is 0 Å². The lowest BCUT2D eigenvalue weighted by Gasteiger charge is -1.96. The molecule has 0 spiro atoms. The van der Waals surface area contributed by atoms with Gasteiger partial charge in [0.1, 0.15) is 0 Å². The third-order valence-corrected chi connectivity index (χ3v) is 1.13. The summed E-state index contributed by atoms with van der Waals surface area (Å²) in [4.78, 5) is 0. The molecule has 0 saturated heterocycles. The molecule has 1 nitrogen and oxygen atoms in total. The largest absolute Gasteiger partial charge is 0.380 e. The molecule has 0 aliphatic rings. The Kier molecular flexibility index (Phi) is 5.79. The predicted octanol–water partition coefficient (Wildman–Crippen LogP) is 2.32. The van der Waals surface area contributed by atoms with E-state index in [1.54, 1.807) is 13.2 Å². The number of rotatable bonds is 4. The van der Waals surface area contributed by atoms with E-state index in [0.29, 0.717) is 6.61 Å². The second-order valence-electron chi connectivity index (χ2n) is 1.89. The zero-order chi connectivity index (χ0) is 7.82. The van der Waals surface area contributed by atoms with E-state index in [4.69, 9.17) is 4.74 Å². The smallest absolute Gasteiger partial charge is 0.0709 e. The van der Waals surface area contributed by atoms with Gasteiger partial charge in [-0.1, -0.05) is 30.9 Å². The van der Waals surface area contributed by atoms with Crippen molar-refractivity contribution < 1.29 is 4.74 Å². The van der Waals surface area contributed by atoms with E-state index >= 15 is 0 Å². The number of allylic oxidation sites excluding steroid dienone is 3. The summed E-state index contributed by atoms with van der Waals surface area (Å²) in [7, 11) is 1.69. The van der Waals surface area contributed by atoms with Crippen molar-refractivity contribution in [2.75, 3.05) is 13.7 Å². The summed E-state index contributed by atoms with van der Waals surface area (Å²) < 4.78 is 4.94. The molecule has 0 saturated carbocycles. The normalized spacial score (nSPS) is 12.4. The third kappa shape index (κ3) is 4.10. The van der Waals surface area contributed by atoms with Crippen molar-refractivity contribution in [3.8, 4) is 0 Å². The zero-order valence-corrected chi connectivity index (χ0v) is 6.63. The fourth-order valence-electron chi connectivity index (χ4n) is 0.586. The summed E-state index contributed by atoms with van der Waals surface area (Å²) in [5.74, 6) is 0. The van der Waals surface area contributed by atoms with Crippen molar-refractivity contribution in [3.05, 3.63) is 36.5 Å². The van der Waals surface area contributed by atoms with Crippen LogP contribution >= 0.6 is 0 Å². The SMILES string of the molecule is C=C/C=C\C(=C/C)COC. The van der Waals surface area contributed by atoms with Crippen LogP contribution in [0.25, 0.3) is 0 Å². The highest BCUT2D eigenvalue weighted by molar-refractivity contribution is 5.21. The molecule has 0 amide bonds. The lowest BCUT2D eigenvalue weighted by Crippen LogP contribution is -1.89. The fraction of sp³-hybridized carbons (Fsp3) is 0.333. The molecule has 0 aliphatic carbocycles. The van der Waals surface area contributed by atoms with Gasteiger partial charge in [-0.3, -0.25) is 0 Å². The summed E-state index contributed by atoms with van der Waals surface area (Å²) in [6.07, 6.45) is 7.65. The highest BCUT2D eigenvalue weighted by Crippen LogP contribution is 1.96. The summed E-state index contributed by atoms with van der Waals surface area (Å²) in [5, 5.41) is 0. The van der Waals surface area contributed by atoms with Crippen molar-refractivity contribution >= 4 is 0 Å². The van der Waals surface area contributed by atoms with Crippen LogP contribution in [0.2, 0.25) is 0 Å². The van der Waals surface area contributed by atoms with E-state index in [9.17, 15) is 0 Å². The van der Waals surface area contributed by atoms with Crippen LogP contribution in [-0.2, 0) is 4.74 Å². The number of hydrogen-bond donors (Lipinski definition) is 0. The first-order chi connectivity index (χ1) is 4.85. The Morgan fingerprint density at radius 2 is 2.30 bits per heavy atom. The standard InChI is InChI=1S/C9H14O/c1-4-6-7-9(5-2)8-10-3/h4-7H,1,8H2,2-3H3/b7-6-,9-5+. The molecule has 0 rings (SSSR count). The van der Waals surface area contributed by atoms with Crippen LogP contribution in [0.15, 0.2) is 36.5 Å². The fourth-order valence-corrected chi connectivity index (χ4v) is 0.586. The van der Waals surface area contributed by atoms with Crippen LogP contribution in [0.1, 0.15) is 6.92 Å². The molecule has 0 radical (unpaired) electrons. The average molecular weight is 138 g/mol. The molecule has 0 unspecified atom stereocenters. The topological polar surface area (TPSA) is 9.23 Å². The molecule has 0 N–H and O–H groups in total. The first kappa shape index (κ1) is 9.18. The molecule has 0 aromatic carbocycles. The second-order valence-corrected chi connectivity index (χ2v) is 1.89. The molecule has 0 aliphatic heterocycles. The molecular formula is C9H14O. The number of hydrogen-bond acceptors (Lipinski definition) is 1.